The van der Waals surface area contributed by atoms with Gasteiger partial charge in [0.05, 0.1) is 11.8 Å². The van der Waals surface area contributed by atoms with Gasteiger partial charge in [-0.2, -0.15) is 0 Å². The average molecular weight is 348 g/mol. The summed E-state index contributed by atoms with van der Waals surface area (Å²) in [6, 6.07) is 6.05. The fourth-order valence-electron chi connectivity index (χ4n) is 2.80. The lowest BCUT2D eigenvalue weighted by Gasteiger charge is -2.00. The molecule has 0 spiro atoms. The lowest BCUT2D eigenvalue weighted by atomic mass is 10.1. The van der Waals surface area contributed by atoms with Crippen molar-refractivity contribution in [2.45, 2.75) is 6.92 Å². The lowest BCUT2D eigenvalue weighted by Crippen LogP contribution is -1.88. The second-order valence-corrected chi connectivity index (χ2v) is 6.39. The average Bonchev–Trinajstić information content (AvgIpc) is 3.12. The number of aromatic nitrogens is 2. The summed E-state index contributed by atoms with van der Waals surface area (Å²) in [6.07, 6.45) is 0. The van der Waals surface area contributed by atoms with Crippen LogP contribution in [0, 0.1) is 24.4 Å². The topological polar surface area (TPSA) is 37.9 Å². The van der Waals surface area contributed by atoms with Crippen molar-refractivity contribution >= 4 is 32.5 Å². The van der Waals surface area contributed by atoms with Crippen LogP contribution in [0.25, 0.3) is 31.7 Å². The number of halogens is 3. The second kappa shape index (κ2) is 5.24. The zero-order chi connectivity index (χ0) is 17.0. The molecule has 0 saturated heterocycles. The highest BCUT2D eigenvalue weighted by molar-refractivity contribution is 7.21. The standard InChI is InChI=1S/C17H11F3N2OS/c1-7-13(9-5-8(23-2)3-4-12(9)21-7)17-22-15-14(20)10(18)6-11(19)16(15)24-17/h3-6,21H,1-2H3. The molecule has 0 radical (unpaired) electrons. The summed E-state index contributed by atoms with van der Waals surface area (Å²) in [6.45, 7) is 1.85. The third-order valence-corrected chi connectivity index (χ3v) is 5.00. The van der Waals surface area contributed by atoms with E-state index in [1.807, 2.05) is 25.1 Å². The van der Waals surface area contributed by atoms with Gasteiger partial charge in [-0.05, 0) is 25.1 Å². The van der Waals surface area contributed by atoms with Crippen molar-refractivity contribution in [2.75, 3.05) is 7.11 Å². The molecule has 0 saturated carbocycles. The Bertz CT molecular complexity index is 1100. The molecule has 4 rings (SSSR count). The Labute approximate surface area is 138 Å². The van der Waals surface area contributed by atoms with E-state index in [1.165, 1.54) is 0 Å². The van der Waals surface area contributed by atoms with Crippen LogP contribution in [-0.4, -0.2) is 17.1 Å². The van der Waals surface area contributed by atoms with Crippen LogP contribution in [0.2, 0.25) is 0 Å². The first-order valence-electron chi connectivity index (χ1n) is 7.10. The first-order chi connectivity index (χ1) is 11.5. The number of ether oxygens (including phenoxy) is 1. The van der Waals surface area contributed by atoms with Crippen LogP contribution in [0.5, 0.6) is 5.75 Å². The number of aryl methyl sites for hydroxylation is 1. The van der Waals surface area contributed by atoms with Crippen molar-refractivity contribution in [2.24, 2.45) is 0 Å². The first-order valence-corrected chi connectivity index (χ1v) is 7.92. The van der Waals surface area contributed by atoms with Gasteiger partial charge in [0.15, 0.2) is 11.6 Å². The Morgan fingerprint density at radius 2 is 1.92 bits per heavy atom. The van der Waals surface area contributed by atoms with E-state index < -0.39 is 17.5 Å². The fourth-order valence-corrected chi connectivity index (χ4v) is 3.88. The summed E-state index contributed by atoms with van der Waals surface area (Å²) < 4.78 is 46.5. The van der Waals surface area contributed by atoms with Crippen molar-refractivity contribution in [3.05, 3.63) is 47.4 Å². The Balaban J connectivity index is 2.04. The third-order valence-electron chi connectivity index (χ3n) is 3.92. The summed E-state index contributed by atoms with van der Waals surface area (Å²) >= 11 is 0.993. The predicted molar refractivity (Wildman–Crippen MR) is 88.1 cm³/mol. The Morgan fingerprint density at radius 1 is 1.12 bits per heavy atom. The molecule has 0 fully saturated rings. The summed E-state index contributed by atoms with van der Waals surface area (Å²) in [5, 5.41) is 1.25. The summed E-state index contributed by atoms with van der Waals surface area (Å²) in [7, 11) is 1.56. The number of hydrogen-bond acceptors (Lipinski definition) is 3. The molecule has 0 unspecified atom stereocenters. The van der Waals surface area contributed by atoms with Gasteiger partial charge >= 0.3 is 0 Å². The molecule has 3 nitrogen and oxygen atoms in total. The number of thiazole rings is 1. The minimum atomic E-state index is -1.24. The summed E-state index contributed by atoms with van der Waals surface area (Å²) in [5.41, 5.74) is 2.10. The van der Waals surface area contributed by atoms with Gasteiger partial charge in [0.2, 0.25) is 0 Å². The van der Waals surface area contributed by atoms with E-state index in [-0.39, 0.29) is 10.2 Å². The molecule has 7 heteroatoms. The van der Waals surface area contributed by atoms with Crippen LogP contribution in [0.1, 0.15) is 5.69 Å². The highest BCUT2D eigenvalue weighted by Gasteiger charge is 2.21. The van der Waals surface area contributed by atoms with E-state index in [1.54, 1.807) is 7.11 Å². The van der Waals surface area contributed by atoms with Crippen LogP contribution in [0.4, 0.5) is 13.2 Å². The molecule has 0 amide bonds. The summed E-state index contributed by atoms with van der Waals surface area (Å²) in [4.78, 5) is 7.36. The molecule has 122 valence electrons. The number of rotatable bonds is 2. The molecule has 2 aromatic carbocycles. The number of aromatic amines is 1. The van der Waals surface area contributed by atoms with Crippen molar-refractivity contribution in [1.82, 2.24) is 9.97 Å². The molecule has 0 aliphatic heterocycles. The normalized spacial score (nSPS) is 11.5. The van der Waals surface area contributed by atoms with Gasteiger partial charge in [-0.25, -0.2) is 18.2 Å². The first kappa shape index (κ1) is 15.0. The number of nitrogens with one attached hydrogen (secondary N) is 1. The number of hydrogen-bond donors (Lipinski definition) is 1. The van der Waals surface area contributed by atoms with Crippen LogP contribution in [0.3, 0.4) is 0 Å². The largest absolute Gasteiger partial charge is 0.497 e. The van der Waals surface area contributed by atoms with Gasteiger partial charge in [0.25, 0.3) is 0 Å². The van der Waals surface area contributed by atoms with E-state index in [4.69, 9.17) is 4.74 Å². The van der Waals surface area contributed by atoms with Crippen molar-refractivity contribution < 1.29 is 17.9 Å². The quantitative estimate of drug-likeness (QED) is 0.507. The number of methoxy groups -OCH3 is 1. The highest BCUT2D eigenvalue weighted by Crippen LogP contribution is 2.39. The zero-order valence-electron chi connectivity index (χ0n) is 12.7. The molecular formula is C17H11F3N2OS. The molecule has 24 heavy (non-hydrogen) atoms. The predicted octanol–water partition coefficient (Wildman–Crippen LogP) is 5.18. The number of benzene rings is 2. The van der Waals surface area contributed by atoms with Crippen molar-refractivity contribution in [3.63, 3.8) is 0 Å². The van der Waals surface area contributed by atoms with Crippen LogP contribution < -0.4 is 4.74 Å². The Morgan fingerprint density at radius 3 is 2.67 bits per heavy atom. The minimum absolute atomic E-state index is 0.000506. The number of fused-ring (bicyclic) bond motifs is 2. The van der Waals surface area contributed by atoms with Crippen LogP contribution in [0.15, 0.2) is 24.3 Å². The Kier molecular flexibility index (Phi) is 3.28. The van der Waals surface area contributed by atoms with Crippen LogP contribution >= 0.6 is 11.3 Å². The molecule has 0 aliphatic carbocycles. The number of nitrogens with zero attached hydrogens (tertiary/aromatic N) is 1. The molecule has 2 aromatic heterocycles. The van der Waals surface area contributed by atoms with E-state index >= 15 is 0 Å². The van der Waals surface area contributed by atoms with E-state index in [0.29, 0.717) is 16.8 Å². The fraction of sp³-hybridized carbons (Fsp3) is 0.118. The maximum absolute atomic E-state index is 14.0. The minimum Gasteiger partial charge on any atom is -0.497 e. The van der Waals surface area contributed by atoms with Crippen molar-refractivity contribution in [3.8, 4) is 16.3 Å². The van der Waals surface area contributed by atoms with Gasteiger partial charge in [-0.15, -0.1) is 11.3 Å². The highest BCUT2D eigenvalue weighted by atomic mass is 32.1. The molecule has 2 heterocycles. The van der Waals surface area contributed by atoms with Gasteiger partial charge in [0.1, 0.15) is 22.1 Å². The maximum atomic E-state index is 14.0. The molecule has 0 aliphatic rings. The van der Waals surface area contributed by atoms with Gasteiger partial charge in [-0.1, -0.05) is 0 Å². The lowest BCUT2D eigenvalue weighted by molar-refractivity contribution is 0.415. The van der Waals surface area contributed by atoms with Gasteiger partial charge in [0, 0.05) is 28.2 Å². The van der Waals surface area contributed by atoms with Crippen LogP contribution in [-0.2, 0) is 0 Å². The zero-order valence-corrected chi connectivity index (χ0v) is 13.5. The summed E-state index contributed by atoms with van der Waals surface area (Å²) in [5.74, 6) is -2.53. The molecule has 1 N–H and O–H groups in total. The van der Waals surface area contributed by atoms with Crippen molar-refractivity contribution in [1.29, 1.82) is 0 Å². The van der Waals surface area contributed by atoms with Gasteiger partial charge in [-0.3, -0.25) is 0 Å². The van der Waals surface area contributed by atoms with Gasteiger partial charge < -0.3 is 9.72 Å². The molecule has 0 bridgehead atoms. The smallest absolute Gasteiger partial charge is 0.186 e. The number of H-pyrrole nitrogens is 1. The van der Waals surface area contributed by atoms with E-state index in [9.17, 15) is 13.2 Å². The second-order valence-electron chi connectivity index (χ2n) is 5.39. The van der Waals surface area contributed by atoms with E-state index in [2.05, 4.69) is 9.97 Å². The molecule has 0 atom stereocenters. The van der Waals surface area contributed by atoms with E-state index in [0.717, 1.165) is 33.5 Å². The Hall–Kier alpha value is -2.54. The SMILES string of the molecule is COc1ccc2[nH]c(C)c(-c3nc4c(F)c(F)cc(F)c4s3)c2c1. The molecule has 4 aromatic rings. The maximum Gasteiger partial charge on any atom is 0.186 e. The third kappa shape index (κ3) is 2.08. The molecular weight excluding hydrogens is 337 g/mol. The monoisotopic (exact) mass is 348 g/mol.